The Kier molecular flexibility index (Phi) is 6.58. The Bertz CT molecular complexity index is 1050. The number of hydrogen-bond acceptors (Lipinski definition) is 5. The molecule has 148 valence electrons. The zero-order valence-electron chi connectivity index (χ0n) is 15.4. The number of hydrogen-bond donors (Lipinski definition) is 3. The van der Waals surface area contributed by atoms with Crippen LogP contribution in [-0.4, -0.2) is 29.3 Å². The minimum absolute atomic E-state index is 0.264. The van der Waals surface area contributed by atoms with Crippen molar-refractivity contribution < 1.29 is 14.4 Å². The highest BCUT2D eigenvalue weighted by molar-refractivity contribution is 7.17. The number of carbonyl (C=O) groups excluding carboxylic acids is 3. The van der Waals surface area contributed by atoms with E-state index in [9.17, 15) is 14.4 Å². The van der Waals surface area contributed by atoms with Crippen LogP contribution in [0.3, 0.4) is 0 Å². The van der Waals surface area contributed by atoms with Gasteiger partial charge in [0.2, 0.25) is 0 Å². The second-order valence-corrected chi connectivity index (χ2v) is 7.37. The Morgan fingerprint density at radius 1 is 0.966 bits per heavy atom. The van der Waals surface area contributed by atoms with Crippen molar-refractivity contribution in [2.45, 2.75) is 6.92 Å². The van der Waals surface area contributed by atoms with Gasteiger partial charge in [0.15, 0.2) is 0 Å². The van der Waals surface area contributed by atoms with E-state index in [2.05, 4.69) is 21.2 Å². The molecule has 7 nitrogen and oxygen atoms in total. The lowest BCUT2D eigenvalue weighted by Crippen LogP contribution is -2.46. The Labute approximate surface area is 176 Å². The van der Waals surface area contributed by atoms with E-state index >= 15 is 0 Å². The summed E-state index contributed by atoms with van der Waals surface area (Å²) in [5.74, 6) is -1.54. The molecule has 0 aliphatic heterocycles. The largest absolute Gasteiger partial charge is 0.343 e. The summed E-state index contributed by atoms with van der Waals surface area (Å²) < 4.78 is 0. The highest BCUT2D eigenvalue weighted by Crippen LogP contribution is 2.27. The number of benzene rings is 2. The van der Waals surface area contributed by atoms with Crippen LogP contribution >= 0.6 is 22.9 Å². The maximum absolute atomic E-state index is 12.4. The lowest BCUT2D eigenvalue weighted by molar-refractivity contribution is -0.120. The zero-order chi connectivity index (χ0) is 20.8. The van der Waals surface area contributed by atoms with Gasteiger partial charge in [-0.2, -0.15) is 0 Å². The fourth-order valence-electron chi connectivity index (χ4n) is 2.44. The molecule has 0 atom stereocenters. The molecule has 3 amide bonds. The molecule has 0 aliphatic carbocycles. The fraction of sp³-hybridized carbons (Fsp3) is 0.100. The van der Waals surface area contributed by atoms with Gasteiger partial charge in [-0.05, 0) is 19.1 Å². The van der Waals surface area contributed by atoms with Gasteiger partial charge in [-0.25, -0.2) is 4.98 Å². The van der Waals surface area contributed by atoms with Crippen LogP contribution in [0.1, 0.15) is 25.7 Å². The number of aromatic nitrogens is 1. The number of thiazole rings is 1. The number of halogens is 1. The average Bonchev–Trinajstić information content (AvgIpc) is 3.13. The number of nitrogens with one attached hydrogen (secondary N) is 3. The minimum Gasteiger partial charge on any atom is -0.343 e. The summed E-state index contributed by atoms with van der Waals surface area (Å²) in [6.07, 6.45) is 0. The third kappa shape index (κ3) is 5.18. The number of rotatable bonds is 5. The number of hydrazine groups is 1. The summed E-state index contributed by atoms with van der Waals surface area (Å²) in [7, 11) is 0. The molecule has 0 saturated carbocycles. The lowest BCUT2D eigenvalue weighted by atomic mass is 10.2. The predicted molar refractivity (Wildman–Crippen MR) is 112 cm³/mol. The summed E-state index contributed by atoms with van der Waals surface area (Å²) in [5, 5.41) is 3.44. The van der Waals surface area contributed by atoms with Gasteiger partial charge in [-0.1, -0.05) is 54.1 Å². The maximum Gasteiger partial charge on any atom is 0.281 e. The first-order valence-electron chi connectivity index (χ1n) is 8.60. The fourth-order valence-corrected chi connectivity index (χ4v) is 3.63. The van der Waals surface area contributed by atoms with E-state index < -0.39 is 17.7 Å². The summed E-state index contributed by atoms with van der Waals surface area (Å²) in [5.41, 5.74) is 6.34. The molecule has 2 aromatic carbocycles. The zero-order valence-corrected chi connectivity index (χ0v) is 16.9. The van der Waals surface area contributed by atoms with E-state index in [1.54, 1.807) is 31.2 Å². The van der Waals surface area contributed by atoms with Crippen LogP contribution in [0, 0.1) is 6.92 Å². The average molecular weight is 429 g/mol. The molecule has 0 spiro atoms. The van der Waals surface area contributed by atoms with E-state index in [0.717, 1.165) is 5.56 Å². The number of aryl methyl sites for hydroxylation is 1. The van der Waals surface area contributed by atoms with Crippen LogP contribution in [0.5, 0.6) is 0 Å². The third-order valence-corrected chi connectivity index (χ3v) is 5.40. The monoisotopic (exact) mass is 428 g/mol. The van der Waals surface area contributed by atoms with Crippen LogP contribution in [0.4, 0.5) is 0 Å². The van der Waals surface area contributed by atoms with Crippen LogP contribution in [0.2, 0.25) is 5.02 Å². The molecular formula is C20H17ClN4O3S. The van der Waals surface area contributed by atoms with E-state index in [4.69, 9.17) is 11.6 Å². The van der Waals surface area contributed by atoms with Crippen molar-refractivity contribution in [1.82, 2.24) is 21.2 Å². The first-order valence-corrected chi connectivity index (χ1v) is 9.80. The number of nitrogens with zero attached hydrogens (tertiary/aromatic N) is 1. The van der Waals surface area contributed by atoms with Crippen molar-refractivity contribution in [1.29, 1.82) is 0 Å². The molecule has 0 aliphatic rings. The number of carbonyl (C=O) groups is 3. The second kappa shape index (κ2) is 9.31. The van der Waals surface area contributed by atoms with Crippen molar-refractivity contribution in [2.75, 3.05) is 6.54 Å². The first kappa shape index (κ1) is 20.5. The van der Waals surface area contributed by atoms with Gasteiger partial charge < -0.3 is 5.32 Å². The van der Waals surface area contributed by atoms with Gasteiger partial charge in [0.25, 0.3) is 17.7 Å². The number of amides is 3. The molecule has 29 heavy (non-hydrogen) atoms. The first-order chi connectivity index (χ1) is 14.0. The van der Waals surface area contributed by atoms with Crippen molar-refractivity contribution in [2.24, 2.45) is 0 Å². The van der Waals surface area contributed by atoms with Crippen molar-refractivity contribution in [3.63, 3.8) is 0 Å². The van der Waals surface area contributed by atoms with Crippen LogP contribution < -0.4 is 16.2 Å². The normalized spacial score (nSPS) is 10.3. The standard InChI is InChI=1S/C20H17ClN4O3S/c1-12-17(29-20(23-12)13-7-3-2-4-8-13)19(28)25-24-16(26)11-22-18(27)14-9-5-6-10-15(14)21/h2-10H,11H2,1H3,(H,22,27)(H,24,26)(H,25,28). The van der Waals surface area contributed by atoms with Crippen LogP contribution in [-0.2, 0) is 4.79 Å². The van der Waals surface area contributed by atoms with Gasteiger partial charge in [-0.15, -0.1) is 11.3 Å². The van der Waals surface area contributed by atoms with Crippen molar-refractivity contribution in [3.05, 3.63) is 75.8 Å². The van der Waals surface area contributed by atoms with Gasteiger partial charge >= 0.3 is 0 Å². The molecular weight excluding hydrogens is 412 g/mol. The van der Waals surface area contributed by atoms with E-state index in [1.165, 1.54) is 11.3 Å². The predicted octanol–water partition coefficient (Wildman–Crippen LogP) is 2.96. The maximum atomic E-state index is 12.4. The molecule has 3 N–H and O–H groups in total. The molecule has 3 rings (SSSR count). The third-order valence-electron chi connectivity index (χ3n) is 3.87. The molecule has 3 aromatic rings. The summed E-state index contributed by atoms with van der Waals surface area (Å²) >= 11 is 7.17. The molecule has 1 aromatic heterocycles. The Balaban J connectivity index is 1.53. The van der Waals surface area contributed by atoms with Crippen LogP contribution in [0.25, 0.3) is 10.6 Å². The minimum atomic E-state index is -0.579. The lowest BCUT2D eigenvalue weighted by Gasteiger charge is -2.08. The van der Waals surface area contributed by atoms with Gasteiger partial charge in [-0.3, -0.25) is 25.2 Å². The Morgan fingerprint density at radius 3 is 2.38 bits per heavy atom. The highest BCUT2D eigenvalue weighted by Gasteiger charge is 2.17. The Hall–Kier alpha value is -3.23. The molecule has 9 heteroatoms. The quantitative estimate of drug-likeness (QED) is 0.544. The molecule has 0 fully saturated rings. The molecule has 0 bridgehead atoms. The van der Waals surface area contributed by atoms with Gasteiger partial charge in [0.1, 0.15) is 9.88 Å². The highest BCUT2D eigenvalue weighted by atomic mass is 35.5. The summed E-state index contributed by atoms with van der Waals surface area (Å²) in [6, 6.07) is 16.0. The Morgan fingerprint density at radius 2 is 1.66 bits per heavy atom. The molecule has 1 heterocycles. The van der Waals surface area contributed by atoms with Crippen LogP contribution in [0.15, 0.2) is 54.6 Å². The van der Waals surface area contributed by atoms with Gasteiger partial charge in [0, 0.05) is 5.56 Å². The van der Waals surface area contributed by atoms with E-state index in [-0.39, 0.29) is 17.1 Å². The molecule has 0 radical (unpaired) electrons. The smallest absolute Gasteiger partial charge is 0.281 e. The molecule has 0 saturated heterocycles. The summed E-state index contributed by atoms with van der Waals surface area (Å²) in [6.45, 7) is 1.41. The van der Waals surface area contributed by atoms with Crippen molar-refractivity contribution >= 4 is 40.7 Å². The SMILES string of the molecule is Cc1nc(-c2ccccc2)sc1C(=O)NNC(=O)CNC(=O)c1ccccc1Cl. The second-order valence-electron chi connectivity index (χ2n) is 5.96. The molecule has 0 unspecified atom stereocenters. The van der Waals surface area contributed by atoms with Gasteiger partial charge in [0.05, 0.1) is 22.8 Å². The topological polar surface area (TPSA) is 100 Å². The van der Waals surface area contributed by atoms with E-state index in [1.807, 2.05) is 30.3 Å². The summed E-state index contributed by atoms with van der Waals surface area (Å²) in [4.78, 5) is 41.1. The van der Waals surface area contributed by atoms with Crippen molar-refractivity contribution in [3.8, 4) is 10.6 Å². The van der Waals surface area contributed by atoms with E-state index in [0.29, 0.717) is 15.6 Å².